The first-order valence-electron chi connectivity index (χ1n) is 9.32. The Morgan fingerprint density at radius 3 is 2.19 bits per heavy atom. The van der Waals surface area contributed by atoms with Gasteiger partial charge < -0.3 is 10.2 Å². The number of likely N-dealkylation sites (tertiary alicyclic amines) is 1. The first-order chi connectivity index (χ1) is 12.6. The SMILES string of the molecule is CC(NC(=O)c1ccccc1)C(=O)N1CCC(Cc2ccccc2)CC1. The van der Waals surface area contributed by atoms with Crippen LogP contribution in [0.25, 0.3) is 0 Å². The Kier molecular flexibility index (Phi) is 6.05. The van der Waals surface area contributed by atoms with Gasteiger partial charge in [-0.15, -0.1) is 0 Å². The van der Waals surface area contributed by atoms with Gasteiger partial charge in [-0.3, -0.25) is 9.59 Å². The number of nitrogens with one attached hydrogen (secondary N) is 1. The van der Waals surface area contributed by atoms with E-state index in [1.165, 1.54) is 5.56 Å². The number of hydrogen-bond acceptors (Lipinski definition) is 2. The molecule has 0 saturated carbocycles. The lowest BCUT2D eigenvalue weighted by Crippen LogP contribution is -2.49. The normalized spacial score (nSPS) is 16.1. The standard InChI is InChI=1S/C22H26N2O2/c1-17(23-21(25)20-10-6-3-7-11-20)22(26)24-14-12-19(13-15-24)16-18-8-4-2-5-9-18/h2-11,17,19H,12-16H2,1H3,(H,23,25). The van der Waals surface area contributed by atoms with Crippen molar-refractivity contribution in [2.24, 2.45) is 5.92 Å². The van der Waals surface area contributed by atoms with Crippen LogP contribution in [0.15, 0.2) is 60.7 Å². The zero-order chi connectivity index (χ0) is 18.4. The van der Waals surface area contributed by atoms with Crippen molar-refractivity contribution < 1.29 is 9.59 Å². The van der Waals surface area contributed by atoms with Crippen LogP contribution < -0.4 is 5.32 Å². The van der Waals surface area contributed by atoms with Gasteiger partial charge in [0.05, 0.1) is 0 Å². The Hall–Kier alpha value is -2.62. The van der Waals surface area contributed by atoms with Gasteiger partial charge in [-0.05, 0) is 49.8 Å². The van der Waals surface area contributed by atoms with E-state index in [2.05, 4.69) is 29.6 Å². The second-order valence-electron chi connectivity index (χ2n) is 7.02. The molecule has 1 saturated heterocycles. The maximum Gasteiger partial charge on any atom is 0.251 e. The minimum Gasteiger partial charge on any atom is -0.341 e. The predicted molar refractivity (Wildman–Crippen MR) is 103 cm³/mol. The van der Waals surface area contributed by atoms with Crippen molar-refractivity contribution >= 4 is 11.8 Å². The fourth-order valence-corrected chi connectivity index (χ4v) is 3.51. The quantitative estimate of drug-likeness (QED) is 0.900. The first kappa shape index (κ1) is 18.2. The van der Waals surface area contributed by atoms with Crippen LogP contribution in [-0.2, 0) is 11.2 Å². The van der Waals surface area contributed by atoms with Crippen LogP contribution in [0.1, 0.15) is 35.7 Å². The van der Waals surface area contributed by atoms with Gasteiger partial charge in [0, 0.05) is 18.7 Å². The summed E-state index contributed by atoms with van der Waals surface area (Å²) in [5, 5.41) is 2.81. The van der Waals surface area contributed by atoms with Gasteiger partial charge in [0.1, 0.15) is 6.04 Å². The van der Waals surface area contributed by atoms with Gasteiger partial charge in [0.15, 0.2) is 0 Å². The fourth-order valence-electron chi connectivity index (χ4n) is 3.51. The minimum atomic E-state index is -0.506. The summed E-state index contributed by atoms with van der Waals surface area (Å²) in [7, 11) is 0. The Morgan fingerprint density at radius 1 is 1.00 bits per heavy atom. The minimum absolute atomic E-state index is 0.00689. The third-order valence-electron chi connectivity index (χ3n) is 5.05. The van der Waals surface area contributed by atoms with Crippen LogP contribution >= 0.6 is 0 Å². The van der Waals surface area contributed by atoms with Crippen molar-refractivity contribution in [2.75, 3.05) is 13.1 Å². The Morgan fingerprint density at radius 2 is 1.58 bits per heavy atom. The molecule has 2 amide bonds. The molecule has 26 heavy (non-hydrogen) atoms. The predicted octanol–water partition coefficient (Wildman–Crippen LogP) is 3.29. The van der Waals surface area contributed by atoms with Crippen molar-refractivity contribution in [1.82, 2.24) is 10.2 Å². The largest absolute Gasteiger partial charge is 0.341 e. The van der Waals surface area contributed by atoms with E-state index in [0.717, 1.165) is 32.4 Å². The molecule has 4 heteroatoms. The molecule has 0 spiro atoms. The Balaban J connectivity index is 1.47. The summed E-state index contributed by atoms with van der Waals surface area (Å²) in [6.45, 7) is 3.29. The molecule has 1 aliphatic rings. The second-order valence-corrected chi connectivity index (χ2v) is 7.02. The number of amides is 2. The smallest absolute Gasteiger partial charge is 0.251 e. The van der Waals surface area contributed by atoms with Crippen molar-refractivity contribution in [2.45, 2.75) is 32.2 Å². The van der Waals surface area contributed by atoms with Crippen molar-refractivity contribution in [3.05, 3.63) is 71.8 Å². The molecule has 2 aromatic rings. The molecule has 3 rings (SSSR count). The summed E-state index contributed by atoms with van der Waals surface area (Å²) in [5.74, 6) is 0.425. The van der Waals surface area contributed by atoms with E-state index in [1.807, 2.05) is 29.2 Å². The third kappa shape index (κ3) is 4.72. The lowest BCUT2D eigenvalue weighted by Gasteiger charge is -2.33. The third-order valence-corrected chi connectivity index (χ3v) is 5.05. The van der Waals surface area contributed by atoms with E-state index >= 15 is 0 Å². The Bertz CT molecular complexity index is 722. The molecule has 1 heterocycles. The average molecular weight is 350 g/mol. The van der Waals surface area contributed by atoms with Gasteiger partial charge in [-0.2, -0.15) is 0 Å². The van der Waals surface area contributed by atoms with E-state index in [1.54, 1.807) is 19.1 Å². The molecule has 136 valence electrons. The molecule has 0 radical (unpaired) electrons. The lowest BCUT2D eigenvalue weighted by molar-refractivity contribution is -0.134. The van der Waals surface area contributed by atoms with Crippen LogP contribution in [0, 0.1) is 5.92 Å². The van der Waals surface area contributed by atoms with Gasteiger partial charge in [-0.25, -0.2) is 0 Å². The zero-order valence-electron chi connectivity index (χ0n) is 15.2. The molecule has 1 unspecified atom stereocenters. The van der Waals surface area contributed by atoms with Crippen molar-refractivity contribution in [3.63, 3.8) is 0 Å². The van der Waals surface area contributed by atoms with Gasteiger partial charge in [-0.1, -0.05) is 48.5 Å². The maximum absolute atomic E-state index is 12.6. The molecule has 1 atom stereocenters. The van der Waals surface area contributed by atoms with Gasteiger partial charge in [0.25, 0.3) is 5.91 Å². The van der Waals surface area contributed by atoms with E-state index in [9.17, 15) is 9.59 Å². The molecule has 0 aromatic heterocycles. The number of carbonyl (C=O) groups is 2. The highest BCUT2D eigenvalue weighted by atomic mass is 16.2. The van der Waals surface area contributed by atoms with Gasteiger partial charge >= 0.3 is 0 Å². The summed E-state index contributed by atoms with van der Waals surface area (Å²) in [6.07, 6.45) is 3.10. The van der Waals surface area contributed by atoms with Crippen LogP contribution in [-0.4, -0.2) is 35.8 Å². The van der Waals surface area contributed by atoms with Gasteiger partial charge in [0.2, 0.25) is 5.91 Å². The highest BCUT2D eigenvalue weighted by Gasteiger charge is 2.27. The monoisotopic (exact) mass is 350 g/mol. The number of rotatable bonds is 5. The second kappa shape index (κ2) is 8.65. The van der Waals surface area contributed by atoms with Crippen LogP contribution in [0.3, 0.4) is 0 Å². The topological polar surface area (TPSA) is 49.4 Å². The summed E-state index contributed by atoms with van der Waals surface area (Å²) < 4.78 is 0. The van der Waals surface area contributed by atoms with E-state index < -0.39 is 6.04 Å². The fraction of sp³-hybridized carbons (Fsp3) is 0.364. The summed E-state index contributed by atoms with van der Waals surface area (Å²) >= 11 is 0. The van der Waals surface area contributed by atoms with Crippen LogP contribution in [0.2, 0.25) is 0 Å². The summed E-state index contributed by atoms with van der Waals surface area (Å²) in [5.41, 5.74) is 1.94. The molecule has 1 N–H and O–H groups in total. The zero-order valence-corrected chi connectivity index (χ0v) is 15.2. The van der Waals surface area contributed by atoms with Crippen molar-refractivity contribution in [3.8, 4) is 0 Å². The molecule has 4 nitrogen and oxygen atoms in total. The Labute approximate surface area is 155 Å². The number of nitrogens with zero attached hydrogens (tertiary/aromatic N) is 1. The first-order valence-corrected chi connectivity index (χ1v) is 9.32. The number of carbonyl (C=O) groups excluding carboxylic acids is 2. The molecule has 0 aliphatic carbocycles. The maximum atomic E-state index is 12.6. The van der Waals surface area contributed by atoms with Crippen molar-refractivity contribution in [1.29, 1.82) is 0 Å². The lowest BCUT2D eigenvalue weighted by atomic mass is 9.90. The van der Waals surface area contributed by atoms with Crippen LogP contribution in [0.4, 0.5) is 0 Å². The molecule has 0 bridgehead atoms. The number of piperidine rings is 1. The van der Waals surface area contributed by atoms with E-state index in [4.69, 9.17) is 0 Å². The average Bonchev–Trinajstić information content (AvgIpc) is 2.69. The molecule has 1 aliphatic heterocycles. The molecule has 2 aromatic carbocycles. The molecular weight excluding hydrogens is 324 g/mol. The highest BCUT2D eigenvalue weighted by Crippen LogP contribution is 2.22. The summed E-state index contributed by atoms with van der Waals surface area (Å²) in [4.78, 5) is 26.7. The van der Waals surface area contributed by atoms with E-state index in [0.29, 0.717) is 11.5 Å². The molecule has 1 fully saturated rings. The number of hydrogen-bond donors (Lipinski definition) is 1. The van der Waals surface area contributed by atoms with Crippen LogP contribution in [0.5, 0.6) is 0 Å². The summed E-state index contributed by atoms with van der Waals surface area (Å²) in [6, 6.07) is 19.0. The highest BCUT2D eigenvalue weighted by molar-refractivity contribution is 5.97. The number of benzene rings is 2. The molecular formula is C22H26N2O2. The van der Waals surface area contributed by atoms with E-state index in [-0.39, 0.29) is 11.8 Å².